The van der Waals surface area contributed by atoms with E-state index in [0.29, 0.717) is 34.7 Å². The summed E-state index contributed by atoms with van der Waals surface area (Å²) in [7, 11) is 2.89. The van der Waals surface area contributed by atoms with Crippen molar-refractivity contribution in [3.63, 3.8) is 0 Å². The Balaban J connectivity index is 0.000000676. The zero-order valence-electron chi connectivity index (χ0n) is 23.7. The molecule has 44 heavy (non-hydrogen) atoms. The number of aryl methyl sites for hydroxylation is 1. The van der Waals surface area contributed by atoms with Crippen LogP contribution in [0.1, 0.15) is 32.0 Å². The Kier molecular flexibility index (Phi) is 10.7. The molecule has 0 aliphatic carbocycles. The van der Waals surface area contributed by atoms with Crippen molar-refractivity contribution in [2.45, 2.75) is 19.5 Å². The first-order valence-electron chi connectivity index (χ1n) is 12.8. The Morgan fingerprint density at radius 1 is 0.909 bits per heavy atom. The number of nitrogens with two attached hydrogens (primary N) is 1. The summed E-state index contributed by atoms with van der Waals surface area (Å²) >= 11 is 0. The Labute approximate surface area is 248 Å². The lowest BCUT2D eigenvalue weighted by molar-refractivity contribution is -0.192. The van der Waals surface area contributed by atoms with Gasteiger partial charge in [-0.1, -0.05) is 18.2 Å². The lowest BCUT2D eigenvalue weighted by atomic mass is 10.1. The van der Waals surface area contributed by atoms with Crippen molar-refractivity contribution in [3.8, 4) is 11.5 Å². The number of carbonyl (C=O) groups is 3. The number of carboxylic acid groups (broad SMARTS) is 1. The minimum Gasteiger partial charge on any atom is -0.493 e. The summed E-state index contributed by atoms with van der Waals surface area (Å²) in [6.07, 6.45) is -4.36. The molecular weight excluding hydrogens is 587 g/mol. The Hall–Kier alpha value is -5.37. The van der Waals surface area contributed by atoms with E-state index in [1.54, 1.807) is 30.3 Å². The van der Waals surface area contributed by atoms with Gasteiger partial charge in [-0.05, 0) is 61.3 Å². The molecule has 2 amide bonds. The first-order chi connectivity index (χ1) is 20.8. The van der Waals surface area contributed by atoms with Gasteiger partial charge >= 0.3 is 12.1 Å². The lowest BCUT2D eigenvalue weighted by Gasteiger charge is -2.16. The highest BCUT2D eigenvalue weighted by atomic mass is 19.4. The maximum absolute atomic E-state index is 13.2. The maximum Gasteiger partial charge on any atom is 0.490 e. The van der Waals surface area contributed by atoms with E-state index in [9.17, 15) is 27.6 Å². The van der Waals surface area contributed by atoms with E-state index in [0.717, 1.165) is 23.6 Å². The van der Waals surface area contributed by atoms with Crippen molar-refractivity contribution in [2.24, 2.45) is 5.73 Å². The molecule has 3 aromatic carbocycles. The van der Waals surface area contributed by atoms with Crippen molar-refractivity contribution >= 4 is 40.1 Å². The van der Waals surface area contributed by atoms with E-state index in [2.05, 4.69) is 10.6 Å². The van der Waals surface area contributed by atoms with E-state index >= 15 is 0 Å². The van der Waals surface area contributed by atoms with Gasteiger partial charge in [-0.3, -0.25) is 14.4 Å². The van der Waals surface area contributed by atoms with E-state index in [-0.39, 0.29) is 22.4 Å². The molecule has 0 saturated carbocycles. The van der Waals surface area contributed by atoms with Gasteiger partial charge in [0.05, 0.1) is 30.9 Å². The number of amides is 2. The Morgan fingerprint density at radius 3 is 2.09 bits per heavy atom. The molecule has 232 valence electrons. The summed E-state index contributed by atoms with van der Waals surface area (Å²) in [6.45, 7) is 2.38. The zero-order valence-corrected chi connectivity index (χ0v) is 23.7. The number of methoxy groups -OCH3 is 2. The fourth-order valence-electron chi connectivity index (χ4n) is 3.85. The number of hydrogen-bond acceptors (Lipinski definition) is 8. The highest BCUT2D eigenvalue weighted by molar-refractivity contribution is 6.12. The monoisotopic (exact) mass is 615 g/mol. The molecule has 0 bridgehead atoms. The van der Waals surface area contributed by atoms with Crippen LogP contribution in [0.4, 0.5) is 24.5 Å². The lowest BCUT2D eigenvalue weighted by Crippen LogP contribution is -2.21. The molecule has 0 radical (unpaired) electrons. The smallest absolute Gasteiger partial charge is 0.490 e. The summed E-state index contributed by atoms with van der Waals surface area (Å²) in [5.74, 6) is -3.54. The second-order valence-corrected chi connectivity index (χ2v) is 9.17. The summed E-state index contributed by atoms with van der Waals surface area (Å²) in [5, 5.41) is 13.0. The second-order valence-electron chi connectivity index (χ2n) is 9.17. The summed E-state index contributed by atoms with van der Waals surface area (Å²) < 4.78 is 48.1. The Bertz CT molecular complexity index is 1740. The van der Waals surface area contributed by atoms with Gasteiger partial charge in [0.1, 0.15) is 5.58 Å². The molecule has 14 heteroatoms. The number of carboxylic acids is 1. The molecule has 0 unspecified atom stereocenters. The van der Waals surface area contributed by atoms with Crippen LogP contribution in [0.5, 0.6) is 11.5 Å². The predicted molar refractivity (Wildman–Crippen MR) is 156 cm³/mol. The number of benzene rings is 3. The molecule has 0 aliphatic heterocycles. The molecule has 0 aliphatic rings. The predicted octanol–water partition coefficient (Wildman–Crippen LogP) is 4.76. The minimum atomic E-state index is -5.08. The number of fused-ring (bicyclic) bond motifs is 1. The Morgan fingerprint density at radius 2 is 1.52 bits per heavy atom. The van der Waals surface area contributed by atoms with Crippen molar-refractivity contribution in [3.05, 3.63) is 93.3 Å². The molecule has 1 aromatic heterocycles. The van der Waals surface area contributed by atoms with Crippen LogP contribution < -0.4 is 31.3 Å². The number of anilines is 2. The normalized spacial score (nSPS) is 10.8. The van der Waals surface area contributed by atoms with Crippen LogP contribution in [0.3, 0.4) is 0 Å². The average molecular weight is 616 g/mol. The van der Waals surface area contributed by atoms with Gasteiger partial charge in [-0.2, -0.15) is 13.2 Å². The quantitative estimate of drug-likeness (QED) is 0.218. The SMILES string of the molecule is COc1cc(NC(=O)c2cc(=O)c3ccc(C)cc3o2)c(C(=O)Nc2ccc(CCN)cc2)cc1OC.O=C(O)C(F)(F)F. The summed E-state index contributed by atoms with van der Waals surface area (Å²) in [6, 6.07) is 16.5. The minimum absolute atomic E-state index is 0.121. The number of alkyl halides is 3. The zero-order chi connectivity index (χ0) is 32.6. The van der Waals surface area contributed by atoms with Crippen LogP contribution in [0.15, 0.2) is 69.9 Å². The van der Waals surface area contributed by atoms with Crippen LogP contribution >= 0.6 is 0 Å². The van der Waals surface area contributed by atoms with Gasteiger partial charge in [0.15, 0.2) is 22.7 Å². The number of ether oxygens (including phenoxy) is 2. The molecule has 5 N–H and O–H groups in total. The van der Waals surface area contributed by atoms with Crippen LogP contribution in [0.25, 0.3) is 11.0 Å². The third-order valence-corrected chi connectivity index (χ3v) is 6.01. The second kappa shape index (κ2) is 14.2. The highest BCUT2D eigenvalue weighted by Crippen LogP contribution is 2.34. The molecular formula is C30H28F3N3O8. The van der Waals surface area contributed by atoms with E-state index in [1.165, 1.54) is 26.4 Å². The van der Waals surface area contributed by atoms with E-state index in [4.69, 9.17) is 29.5 Å². The van der Waals surface area contributed by atoms with Gasteiger partial charge < -0.3 is 35.4 Å². The van der Waals surface area contributed by atoms with Gasteiger partial charge in [-0.25, -0.2) is 4.79 Å². The fraction of sp³-hybridized carbons (Fsp3) is 0.200. The molecule has 4 rings (SSSR count). The average Bonchev–Trinajstić information content (AvgIpc) is 2.97. The van der Waals surface area contributed by atoms with Crippen LogP contribution in [-0.2, 0) is 11.2 Å². The third kappa shape index (κ3) is 8.35. The number of nitrogens with one attached hydrogen (secondary N) is 2. The molecule has 0 atom stereocenters. The first-order valence-corrected chi connectivity index (χ1v) is 12.8. The van der Waals surface area contributed by atoms with E-state index < -0.39 is 24.0 Å². The van der Waals surface area contributed by atoms with Crippen LogP contribution in [-0.4, -0.2) is 49.8 Å². The van der Waals surface area contributed by atoms with Crippen molar-refractivity contribution in [1.29, 1.82) is 0 Å². The van der Waals surface area contributed by atoms with E-state index in [1.807, 2.05) is 19.1 Å². The molecule has 0 saturated heterocycles. The largest absolute Gasteiger partial charge is 0.493 e. The van der Waals surface area contributed by atoms with Crippen molar-refractivity contribution < 1.29 is 46.6 Å². The number of aliphatic carboxylic acids is 1. The molecule has 0 fully saturated rings. The third-order valence-electron chi connectivity index (χ3n) is 6.01. The number of hydrogen-bond donors (Lipinski definition) is 4. The number of carbonyl (C=O) groups excluding carboxylic acids is 2. The number of rotatable bonds is 8. The first kappa shape index (κ1) is 33.1. The topological polar surface area (TPSA) is 170 Å². The van der Waals surface area contributed by atoms with Gasteiger partial charge in [0, 0.05) is 17.8 Å². The van der Waals surface area contributed by atoms with Crippen LogP contribution in [0.2, 0.25) is 0 Å². The number of halogens is 3. The molecule has 1 heterocycles. The molecule has 4 aromatic rings. The van der Waals surface area contributed by atoms with Crippen LogP contribution in [0, 0.1) is 6.92 Å². The maximum atomic E-state index is 13.2. The van der Waals surface area contributed by atoms with Crippen molar-refractivity contribution in [2.75, 3.05) is 31.4 Å². The van der Waals surface area contributed by atoms with Gasteiger partial charge in [-0.15, -0.1) is 0 Å². The van der Waals surface area contributed by atoms with Gasteiger partial charge in [0.2, 0.25) is 0 Å². The molecule has 11 nitrogen and oxygen atoms in total. The standard InChI is InChI=1S/C28H27N3O6.C2HF3O2/c1-16-4-9-19-22(32)15-26(37-23(19)12-16)28(34)31-21-14-25(36-3)24(35-2)13-20(21)27(33)30-18-7-5-17(6-8-18)10-11-29;3-2(4,5)1(6)7/h4-9,12-15H,10-11,29H2,1-3H3,(H,30,33)(H,31,34);(H,6,7). The summed E-state index contributed by atoms with van der Waals surface area (Å²) in [4.78, 5) is 47.8. The van der Waals surface area contributed by atoms with Gasteiger partial charge in [0.25, 0.3) is 11.8 Å². The molecule has 0 spiro atoms. The fourth-order valence-corrected chi connectivity index (χ4v) is 3.85. The highest BCUT2D eigenvalue weighted by Gasteiger charge is 2.38. The summed E-state index contributed by atoms with van der Waals surface area (Å²) in [5.41, 5.74) is 8.29. The van der Waals surface area contributed by atoms with Crippen molar-refractivity contribution in [1.82, 2.24) is 0 Å².